The molecule has 0 aromatic heterocycles. The molecule has 19 heavy (non-hydrogen) atoms. The Labute approximate surface area is 113 Å². The minimum absolute atomic E-state index is 0.226. The fraction of sp³-hybridized carbons (Fsp3) is 0.143. The van der Waals surface area contributed by atoms with Gasteiger partial charge in [0.15, 0.2) is 0 Å². The largest absolute Gasteiger partial charge is 0.416 e. The molecule has 0 fully saturated rings. The first-order valence-corrected chi connectivity index (χ1v) is 5.94. The molecule has 0 heterocycles. The van der Waals surface area contributed by atoms with Crippen molar-refractivity contribution in [2.45, 2.75) is 12.2 Å². The molecule has 5 heteroatoms. The highest BCUT2D eigenvalue weighted by Crippen LogP contribution is 2.34. The molecule has 0 radical (unpaired) electrons. The van der Waals surface area contributed by atoms with Gasteiger partial charge >= 0.3 is 6.18 Å². The quantitative estimate of drug-likeness (QED) is 0.869. The summed E-state index contributed by atoms with van der Waals surface area (Å²) in [6, 6.07) is 11.3. The number of hydrogen-bond donors (Lipinski definition) is 1. The predicted octanol–water partition coefficient (Wildman–Crippen LogP) is 4.41. The lowest BCUT2D eigenvalue weighted by Gasteiger charge is -2.16. The highest BCUT2D eigenvalue weighted by Gasteiger charge is 2.31. The average Bonchev–Trinajstić information content (AvgIpc) is 2.38. The van der Waals surface area contributed by atoms with Crippen LogP contribution in [-0.4, -0.2) is 0 Å². The summed E-state index contributed by atoms with van der Waals surface area (Å²) in [4.78, 5) is 0. The van der Waals surface area contributed by atoms with Crippen molar-refractivity contribution < 1.29 is 13.2 Å². The third-order valence-corrected chi connectivity index (χ3v) is 3.16. The molecule has 2 N–H and O–H groups in total. The monoisotopic (exact) mass is 285 g/mol. The van der Waals surface area contributed by atoms with E-state index >= 15 is 0 Å². The van der Waals surface area contributed by atoms with Crippen molar-refractivity contribution in [2.24, 2.45) is 5.73 Å². The Morgan fingerprint density at radius 2 is 1.63 bits per heavy atom. The van der Waals surface area contributed by atoms with Crippen LogP contribution in [0.1, 0.15) is 22.7 Å². The van der Waals surface area contributed by atoms with E-state index in [2.05, 4.69) is 0 Å². The molecule has 2 aromatic rings. The standard InChI is InChI=1S/C14H11ClF3N/c15-12-7-6-10(14(16,17)18)8-11(12)13(19)9-4-2-1-3-5-9/h1-8,13H,19H2/t13-/m0/s1. The van der Waals surface area contributed by atoms with Crippen LogP contribution in [0, 0.1) is 0 Å². The zero-order chi connectivity index (χ0) is 14.0. The molecule has 1 nitrogen and oxygen atoms in total. The van der Waals surface area contributed by atoms with E-state index in [0.717, 1.165) is 12.1 Å². The maximum atomic E-state index is 12.7. The lowest BCUT2D eigenvalue weighted by molar-refractivity contribution is -0.137. The van der Waals surface area contributed by atoms with Gasteiger partial charge in [-0.15, -0.1) is 0 Å². The zero-order valence-electron chi connectivity index (χ0n) is 9.79. The molecule has 100 valence electrons. The molecule has 2 rings (SSSR count). The molecule has 0 aliphatic heterocycles. The van der Waals surface area contributed by atoms with Crippen LogP contribution in [0.3, 0.4) is 0 Å². The van der Waals surface area contributed by atoms with Crippen LogP contribution in [0.25, 0.3) is 0 Å². The van der Waals surface area contributed by atoms with Gasteiger partial charge in [-0.05, 0) is 29.3 Å². The number of benzene rings is 2. The number of halogens is 4. The van der Waals surface area contributed by atoms with Crippen molar-refractivity contribution in [1.29, 1.82) is 0 Å². The van der Waals surface area contributed by atoms with Crippen LogP contribution in [0.2, 0.25) is 5.02 Å². The fourth-order valence-electron chi connectivity index (χ4n) is 1.80. The molecule has 0 saturated carbocycles. The number of hydrogen-bond acceptors (Lipinski definition) is 1. The molecule has 0 spiro atoms. The Morgan fingerprint density at radius 3 is 2.21 bits per heavy atom. The minimum atomic E-state index is -4.41. The van der Waals surface area contributed by atoms with E-state index in [1.165, 1.54) is 6.07 Å². The van der Waals surface area contributed by atoms with Crippen molar-refractivity contribution in [3.63, 3.8) is 0 Å². The molecule has 0 saturated heterocycles. The maximum absolute atomic E-state index is 12.7. The summed E-state index contributed by atoms with van der Waals surface area (Å²) in [5.41, 5.74) is 6.20. The summed E-state index contributed by atoms with van der Waals surface area (Å²) >= 11 is 5.94. The average molecular weight is 286 g/mol. The number of nitrogens with two attached hydrogens (primary N) is 1. The second-order valence-corrected chi connectivity index (χ2v) is 4.53. The van der Waals surface area contributed by atoms with Crippen LogP contribution in [0.4, 0.5) is 13.2 Å². The Morgan fingerprint density at radius 1 is 1.00 bits per heavy atom. The Kier molecular flexibility index (Phi) is 3.83. The number of rotatable bonds is 2. The fourth-order valence-corrected chi connectivity index (χ4v) is 2.03. The normalized spacial score (nSPS) is 13.3. The van der Waals surface area contributed by atoms with Crippen LogP contribution < -0.4 is 5.73 Å². The van der Waals surface area contributed by atoms with Gasteiger partial charge in [-0.3, -0.25) is 0 Å². The van der Waals surface area contributed by atoms with Gasteiger partial charge in [0, 0.05) is 5.02 Å². The van der Waals surface area contributed by atoms with Crippen molar-refractivity contribution in [2.75, 3.05) is 0 Å². The summed E-state index contributed by atoms with van der Waals surface area (Å²) in [6.07, 6.45) is -4.41. The van der Waals surface area contributed by atoms with Crippen LogP contribution in [0.5, 0.6) is 0 Å². The van der Waals surface area contributed by atoms with Crippen molar-refractivity contribution in [3.05, 3.63) is 70.2 Å². The molecule has 0 unspecified atom stereocenters. The van der Waals surface area contributed by atoms with Gasteiger partial charge in [0.05, 0.1) is 11.6 Å². The smallest absolute Gasteiger partial charge is 0.320 e. The van der Waals surface area contributed by atoms with Gasteiger partial charge in [-0.25, -0.2) is 0 Å². The van der Waals surface area contributed by atoms with E-state index in [1.54, 1.807) is 24.3 Å². The van der Waals surface area contributed by atoms with Gasteiger partial charge < -0.3 is 5.73 Å². The van der Waals surface area contributed by atoms with E-state index in [1.807, 2.05) is 6.07 Å². The van der Waals surface area contributed by atoms with Gasteiger partial charge in [0.25, 0.3) is 0 Å². The molecule has 2 aromatic carbocycles. The van der Waals surface area contributed by atoms with E-state index in [4.69, 9.17) is 17.3 Å². The first-order valence-electron chi connectivity index (χ1n) is 5.57. The first-order chi connectivity index (χ1) is 8.89. The van der Waals surface area contributed by atoms with Crippen molar-refractivity contribution >= 4 is 11.6 Å². The first kappa shape index (κ1) is 13.9. The topological polar surface area (TPSA) is 26.0 Å². The molecular formula is C14H11ClF3N. The molecule has 1 atom stereocenters. The van der Waals surface area contributed by atoms with E-state index in [0.29, 0.717) is 5.56 Å². The Balaban J connectivity index is 2.45. The minimum Gasteiger partial charge on any atom is -0.320 e. The third-order valence-electron chi connectivity index (χ3n) is 2.82. The van der Waals surface area contributed by atoms with Crippen LogP contribution in [0.15, 0.2) is 48.5 Å². The second-order valence-electron chi connectivity index (χ2n) is 4.12. The molecule has 0 aliphatic carbocycles. The summed E-state index contributed by atoms with van der Waals surface area (Å²) in [5.74, 6) is 0. The Bertz CT molecular complexity index is 567. The van der Waals surface area contributed by atoms with Crippen LogP contribution >= 0.6 is 11.6 Å². The van der Waals surface area contributed by atoms with Crippen molar-refractivity contribution in [3.8, 4) is 0 Å². The second kappa shape index (κ2) is 5.23. The maximum Gasteiger partial charge on any atom is 0.416 e. The summed E-state index contributed by atoms with van der Waals surface area (Å²) in [6.45, 7) is 0. The summed E-state index contributed by atoms with van der Waals surface area (Å²) in [5, 5.41) is 0.226. The third kappa shape index (κ3) is 3.08. The predicted molar refractivity (Wildman–Crippen MR) is 68.9 cm³/mol. The van der Waals surface area contributed by atoms with E-state index in [9.17, 15) is 13.2 Å². The molecular weight excluding hydrogens is 275 g/mol. The highest BCUT2D eigenvalue weighted by molar-refractivity contribution is 6.31. The SMILES string of the molecule is N[C@@H](c1ccccc1)c1cc(C(F)(F)F)ccc1Cl. The van der Waals surface area contributed by atoms with E-state index < -0.39 is 17.8 Å². The van der Waals surface area contributed by atoms with Crippen molar-refractivity contribution in [1.82, 2.24) is 0 Å². The van der Waals surface area contributed by atoms with Gasteiger partial charge in [-0.2, -0.15) is 13.2 Å². The molecule has 0 bridgehead atoms. The van der Waals surface area contributed by atoms with Crippen LogP contribution in [-0.2, 0) is 6.18 Å². The summed E-state index contributed by atoms with van der Waals surface area (Å²) < 4.78 is 38.0. The van der Waals surface area contributed by atoms with Gasteiger partial charge in [0.2, 0.25) is 0 Å². The lowest BCUT2D eigenvalue weighted by Crippen LogP contribution is -2.14. The van der Waals surface area contributed by atoms with E-state index in [-0.39, 0.29) is 10.6 Å². The molecule has 0 aliphatic rings. The highest BCUT2D eigenvalue weighted by atomic mass is 35.5. The Hall–Kier alpha value is -1.52. The summed E-state index contributed by atoms with van der Waals surface area (Å²) in [7, 11) is 0. The van der Waals surface area contributed by atoms with Gasteiger partial charge in [-0.1, -0.05) is 41.9 Å². The molecule has 0 amide bonds. The number of alkyl halides is 3. The lowest BCUT2D eigenvalue weighted by atomic mass is 9.98. The zero-order valence-corrected chi connectivity index (χ0v) is 10.5. The van der Waals surface area contributed by atoms with Gasteiger partial charge in [0.1, 0.15) is 0 Å².